The van der Waals surface area contributed by atoms with Crippen LogP contribution in [0.5, 0.6) is 0 Å². The minimum atomic E-state index is 0.578. The van der Waals surface area contributed by atoms with Crippen LogP contribution in [-0.2, 0) is 4.79 Å². The summed E-state index contributed by atoms with van der Waals surface area (Å²) < 4.78 is 0. The Bertz CT molecular complexity index is 148. The minimum Gasteiger partial charge on any atom is -0.303 e. The molecule has 0 aliphatic heterocycles. The topological polar surface area (TPSA) is 17.1 Å². The molecule has 0 rings (SSSR count). The smallest absolute Gasteiger partial charge is 0.120 e. The number of hydrogen-bond donors (Lipinski definition) is 0. The van der Waals surface area contributed by atoms with Crippen molar-refractivity contribution in [2.45, 2.75) is 39.5 Å². The van der Waals surface area contributed by atoms with Crippen LogP contribution in [0.1, 0.15) is 39.5 Å². The molecule has 0 unspecified atom stereocenters. The van der Waals surface area contributed by atoms with Crippen LogP contribution in [0.4, 0.5) is 0 Å². The quantitative estimate of drug-likeness (QED) is 0.343. The maximum absolute atomic E-state index is 9.88. The second-order valence-corrected chi connectivity index (χ2v) is 2.99. The second kappa shape index (κ2) is 7.34. The number of hydrogen-bond acceptors (Lipinski definition) is 1. The van der Waals surface area contributed by atoms with Crippen molar-refractivity contribution >= 4 is 6.29 Å². The molecule has 0 aromatic rings. The van der Waals surface area contributed by atoms with Crippen molar-refractivity contribution in [1.82, 2.24) is 0 Å². The average molecular weight is 152 g/mol. The third-order valence-electron chi connectivity index (χ3n) is 1.36. The lowest BCUT2D eigenvalue weighted by Crippen LogP contribution is -1.83. The van der Waals surface area contributed by atoms with Crippen molar-refractivity contribution in [2.75, 3.05) is 0 Å². The molecule has 1 heteroatoms. The third-order valence-corrected chi connectivity index (χ3v) is 1.36. The Morgan fingerprint density at radius 2 is 1.91 bits per heavy atom. The van der Waals surface area contributed by atoms with E-state index >= 15 is 0 Å². The summed E-state index contributed by atoms with van der Waals surface area (Å²) in [7, 11) is 0. The van der Waals surface area contributed by atoms with Crippen LogP contribution in [0, 0.1) is 17.8 Å². The Morgan fingerprint density at radius 1 is 1.27 bits per heavy atom. The summed E-state index contributed by atoms with van der Waals surface area (Å²) in [5, 5.41) is 0. The molecule has 0 spiro atoms. The van der Waals surface area contributed by atoms with Gasteiger partial charge in [0, 0.05) is 19.3 Å². The van der Waals surface area contributed by atoms with Gasteiger partial charge in [-0.05, 0) is 12.3 Å². The first-order chi connectivity index (χ1) is 5.27. The third kappa shape index (κ3) is 9.23. The Morgan fingerprint density at radius 3 is 2.45 bits per heavy atom. The standard InChI is InChI=1S/C10H16O/c1-10(2)8-6-4-3-5-7-9-11/h9-10H,5-8H2,1-2H3. The first kappa shape index (κ1) is 10.2. The fraction of sp³-hybridized carbons (Fsp3) is 0.700. The van der Waals surface area contributed by atoms with Crippen LogP contribution in [0.15, 0.2) is 0 Å². The van der Waals surface area contributed by atoms with Gasteiger partial charge in [0.15, 0.2) is 0 Å². The number of rotatable bonds is 4. The molecule has 11 heavy (non-hydrogen) atoms. The van der Waals surface area contributed by atoms with E-state index in [2.05, 4.69) is 25.7 Å². The Hall–Kier alpha value is -0.770. The maximum Gasteiger partial charge on any atom is 0.120 e. The molecular formula is C10H16O. The Balaban J connectivity index is 3.18. The van der Waals surface area contributed by atoms with E-state index in [1.165, 1.54) is 0 Å². The van der Waals surface area contributed by atoms with Crippen LogP contribution >= 0.6 is 0 Å². The fourth-order valence-corrected chi connectivity index (χ4v) is 0.669. The van der Waals surface area contributed by atoms with Crippen molar-refractivity contribution in [3.8, 4) is 11.8 Å². The van der Waals surface area contributed by atoms with E-state index in [-0.39, 0.29) is 0 Å². The first-order valence-electron chi connectivity index (χ1n) is 4.16. The summed E-state index contributed by atoms with van der Waals surface area (Å²) in [6.07, 6.45) is 4.35. The van der Waals surface area contributed by atoms with Crippen molar-refractivity contribution in [2.24, 2.45) is 5.92 Å². The zero-order valence-corrected chi connectivity index (χ0v) is 7.39. The van der Waals surface area contributed by atoms with Gasteiger partial charge in [0.05, 0.1) is 0 Å². The predicted octanol–water partition coefficient (Wildman–Crippen LogP) is 2.41. The molecule has 0 bridgehead atoms. The summed E-state index contributed by atoms with van der Waals surface area (Å²) in [5.41, 5.74) is 0. The lowest BCUT2D eigenvalue weighted by Gasteiger charge is -1.96. The zero-order chi connectivity index (χ0) is 8.53. The van der Waals surface area contributed by atoms with E-state index in [1.54, 1.807) is 0 Å². The number of aldehydes is 1. The van der Waals surface area contributed by atoms with E-state index in [4.69, 9.17) is 0 Å². The van der Waals surface area contributed by atoms with E-state index in [0.29, 0.717) is 6.42 Å². The molecule has 0 atom stereocenters. The molecule has 0 aliphatic carbocycles. The summed E-state index contributed by atoms with van der Waals surface area (Å²) in [4.78, 5) is 9.88. The molecule has 0 aromatic heterocycles. The molecule has 0 aliphatic rings. The highest BCUT2D eigenvalue weighted by Gasteiger charge is 1.88. The minimum absolute atomic E-state index is 0.578. The Kier molecular flexibility index (Phi) is 6.82. The predicted molar refractivity (Wildman–Crippen MR) is 47.1 cm³/mol. The van der Waals surface area contributed by atoms with Gasteiger partial charge >= 0.3 is 0 Å². The van der Waals surface area contributed by atoms with Gasteiger partial charge in [0.2, 0.25) is 0 Å². The van der Waals surface area contributed by atoms with Crippen molar-refractivity contribution in [3.63, 3.8) is 0 Å². The van der Waals surface area contributed by atoms with Gasteiger partial charge in [-0.1, -0.05) is 13.8 Å². The SMILES string of the molecule is CC(C)CCC#CCCC=O. The first-order valence-corrected chi connectivity index (χ1v) is 4.16. The van der Waals surface area contributed by atoms with Gasteiger partial charge in [0.25, 0.3) is 0 Å². The summed E-state index contributed by atoms with van der Waals surface area (Å²) in [6.45, 7) is 4.38. The zero-order valence-electron chi connectivity index (χ0n) is 7.39. The normalized spacial score (nSPS) is 9.00. The van der Waals surface area contributed by atoms with Crippen LogP contribution in [0.3, 0.4) is 0 Å². The molecule has 62 valence electrons. The van der Waals surface area contributed by atoms with Crippen LogP contribution in [-0.4, -0.2) is 6.29 Å². The van der Waals surface area contributed by atoms with Crippen LogP contribution in [0.25, 0.3) is 0 Å². The molecular weight excluding hydrogens is 136 g/mol. The highest BCUT2D eigenvalue weighted by molar-refractivity contribution is 5.49. The van der Waals surface area contributed by atoms with Crippen LogP contribution < -0.4 is 0 Å². The molecule has 0 aromatic carbocycles. The number of carbonyl (C=O) groups excluding carboxylic acids is 1. The summed E-state index contributed by atoms with van der Waals surface area (Å²) >= 11 is 0. The average Bonchev–Trinajstić information content (AvgIpc) is 1.96. The van der Waals surface area contributed by atoms with E-state index in [0.717, 1.165) is 31.5 Å². The molecule has 0 radical (unpaired) electrons. The fourth-order valence-electron chi connectivity index (χ4n) is 0.669. The monoisotopic (exact) mass is 152 g/mol. The van der Waals surface area contributed by atoms with Crippen molar-refractivity contribution < 1.29 is 4.79 Å². The van der Waals surface area contributed by atoms with Gasteiger partial charge < -0.3 is 4.79 Å². The maximum atomic E-state index is 9.88. The van der Waals surface area contributed by atoms with Crippen molar-refractivity contribution in [1.29, 1.82) is 0 Å². The molecule has 0 heterocycles. The largest absolute Gasteiger partial charge is 0.303 e. The van der Waals surface area contributed by atoms with Gasteiger partial charge in [0.1, 0.15) is 6.29 Å². The highest BCUT2D eigenvalue weighted by Crippen LogP contribution is 2.01. The van der Waals surface area contributed by atoms with E-state index in [9.17, 15) is 4.79 Å². The van der Waals surface area contributed by atoms with Crippen molar-refractivity contribution in [3.05, 3.63) is 0 Å². The molecule has 1 nitrogen and oxygen atoms in total. The molecule has 0 N–H and O–H groups in total. The number of unbranched alkanes of at least 4 members (excludes halogenated alkanes) is 1. The van der Waals surface area contributed by atoms with Gasteiger partial charge in [-0.25, -0.2) is 0 Å². The Labute approximate surface area is 69.2 Å². The van der Waals surface area contributed by atoms with Gasteiger partial charge in [-0.2, -0.15) is 0 Å². The molecule has 0 amide bonds. The molecule has 0 fully saturated rings. The summed E-state index contributed by atoms with van der Waals surface area (Å²) in [5.74, 6) is 6.73. The number of carbonyl (C=O) groups is 1. The van der Waals surface area contributed by atoms with E-state index < -0.39 is 0 Å². The van der Waals surface area contributed by atoms with Gasteiger partial charge in [-0.15, -0.1) is 11.8 Å². The van der Waals surface area contributed by atoms with E-state index in [1.807, 2.05) is 0 Å². The van der Waals surface area contributed by atoms with Gasteiger partial charge in [-0.3, -0.25) is 0 Å². The lowest BCUT2D eigenvalue weighted by atomic mass is 10.1. The lowest BCUT2D eigenvalue weighted by molar-refractivity contribution is -0.107. The second-order valence-electron chi connectivity index (χ2n) is 2.99. The molecule has 0 saturated carbocycles. The summed E-state index contributed by atoms with van der Waals surface area (Å²) in [6, 6.07) is 0. The van der Waals surface area contributed by atoms with Crippen LogP contribution in [0.2, 0.25) is 0 Å². The highest BCUT2D eigenvalue weighted by atomic mass is 16.1. The molecule has 0 saturated heterocycles.